The zero-order valence-corrected chi connectivity index (χ0v) is 13.8. The Morgan fingerprint density at radius 2 is 1.28 bits per heavy atom. The molecule has 0 aliphatic carbocycles. The van der Waals surface area contributed by atoms with Crippen molar-refractivity contribution in [1.29, 1.82) is 0 Å². The summed E-state index contributed by atoms with van der Waals surface area (Å²) < 4.78 is 0.828. The number of carbonyl (C=O) groups excluding carboxylic acids is 2. The van der Waals surface area contributed by atoms with Crippen LogP contribution in [0.2, 0.25) is 0 Å². The van der Waals surface area contributed by atoms with Gasteiger partial charge in [0.25, 0.3) is 0 Å². The molecule has 136 valence electrons. The molecule has 0 aliphatic rings. The van der Waals surface area contributed by atoms with Crippen molar-refractivity contribution in [3.63, 3.8) is 0 Å². The van der Waals surface area contributed by atoms with Crippen molar-refractivity contribution in [3.8, 4) is 0 Å². The Bertz CT molecular complexity index is 830. The monoisotopic (exact) mass is 353 g/mol. The molecule has 1 heterocycles. The topological polar surface area (TPSA) is 151 Å². The van der Waals surface area contributed by atoms with Gasteiger partial charge in [-0.05, 0) is 26.0 Å². The number of aromatic nitrogens is 3. The Balaban J connectivity index is 3.49. The molecule has 1 aromatic heterocycles. The fourth-order valence-corrected chi connectivity index (χ4v) is 2.04. The van der Waals surface area contributed by atoms with Crippen LogP contribution in [0.5, 0.6) is 0 Å². The minimum Gasteiger partial charge on any atom is -0.380 e. The van der Waals surface area contributed by atoms with E-state index in [1.807, 2.05) is 4.98 Å². The molecule has 2 unspecified atom stereocenters. The molecule has 0 spiro atoms. The predicted octanol–water partition coefficient (Wildman–Crippen LogP) is -2.29. The first-order valence-corrected chi connectivity index (χ1v) is 7.10. The van der Waals surface area contributed by atoms with E-state index in [9.17, 15) is 34.2 Å². The van der Waals surface area contributed by atoms with E-state index < -0.39 is 52.9 Å². The number of hydrogen-bond acceptors (Lipinski definition) is 7. The maximum atomic E-state index is 12.4. The van der Waals surface area contributed by atoms with Crippen LogP contribution in [0.15, 0.2) is 39.7 Å². The molecule has 1 aromatic rings. The van der Waals surface area contributed by atoms with E-state index in [0.717, 1.165) is 26.0 Å². The molecular formula is C15H19N3O7. The third-order valence-electron chi connectivity index (χ3n) is 3.53. The summed E-state index contributed by atoms with van der Waals surface area (Å²) in [6, 6.07) is 0. The summed E-state index contributed by atoms with van der Waals surface area (Å²) in [6.45, 7) is 7.02. The lowest BCUT2D eigenvalue weighted by Gasteiger charge is -2.23. The van der Waals surface area contributed by atoms with Crippen molar-refractivity contribution in [1.82, 2.24) is 14.1 Å². The molecule has 0 aliphatic heterocycles. The molecule has 0 bridgehead atoms. The fourth-order valence-electron chi connectivity index (χ4n) is 2.04. The minimum atomic E-state index is -2.12. The van der Waals surface area contributed by atoms with Crippen LogP contribution in [0.3, 0.4) is 0 Å². The summed E-state index contributed by atoms with van der Waals surface area (Å²) in [5.41, 5.74) is -7.76. The van der Waals surface area contributed by atoms with Gasteiger partial charge in [-0.25, -0.2) is 23.5 Å². The lowest BCUT2D eigenvalue weighted by atomic mass is 10.0. The molecule has 25 heavy (non-hydrogen) atoms. The van der Waals surface area contributed by atoms with Crippen LogP contribution in [-0.4, -0.2) is 47.1 Å². The van der Waals surface area contributed by atoms with Gasteiger partial charge in [0.1, 0.15) is 11.2 Å². The largest absolute Gasteiger partial charge is 0.380 e. The molecular weight excluding hydrogens is 334 g/mol. The zero-order valence-electron chi connectivity index (χ0n) is 13.8. The van der Waals surface area contributed by atoms with Crippen molar-refractivity contribution in [2.24, 2.45) is 0 Å². The van der Waals surface area contributed by atoms with Crippen LogP contribution in [0.1, 0.15) is 13.8 Å². The summed E-state index contributed by atoms with van der Waals surface area (Å²) in [6.07, 6.45) is 1.64. The van der Waals surface area contributed by atoms with Crippen molar-refractivity contribution in [3.05, 3.63) is 56.8 Å². The summed E-state index contributed by atoms with van der Waals surface area (Å²) in [5, 5.41) is 20.1. The van der Waals surface area contributed by atoms with Crippen LogP contribution in [0.4, 0.5) is 0 Å². The third kappa shape index (κ3) is 4.17. The average molecular weight is 353 g/mol. The average Bonchev–Trinajstić information content (AvgIpc) is 2.53. The normalized spacial score (nSPS) is 15.7. The number of aromatic amines is 1. The summed E-state index contributed by atoms with van der Waals surface area (Å²) in [5.74, 6) is -1.68. The Morgan fingerprint density at radius 1 is 0.960 bits per heavy atom. The second kappa shape index (κ2) is 6.95. The van der Waals surface area contributed by atoms with E-state index in [0.29, 0.717) is 9.13 Å². The molecule has 0 amide bonds. The highest BCUT2D eigenvalue weighted by Crippen LogP contribution is 2.08. The molecule has 1 rings (SSSR count). The Kier molecular flexibility index (Phi) is 5.61. The van der Waals surface area contributed by atoms with Gasteiger partial charge in [-0.15, -0.1) is 0 Å². The van der Waals surface area contributed by atoms with Gasteiger partial charge in [0.05, 0.1) is 13.1 Å². The number of nitrogens with zero attached hydrogens (tertiary/aromatic N) is 2. The van der Waals surface area contributed by atoms with Crippen LogP contribution in [0, 0.1) is 0 Å². The number of ketones is 2. The van der Waals surface area contributed by atoms with Gasteiger partial charge in [0.15, 0.2) is 11.6 Å². The molecule has 0 saturated carbocycles. The summed E-state index contributed by atoms with van der Waals surface area (Å²) >= 11 is 0. The molecule has 0 radical (unpaired) electrons. The van der Waals surface area contributed by atoms with Gasteiger partial charge >= 0.3 is 17.1 Å². The predicted molar refractivity (Wildman–Crippen MR) is 87.2 cm³/mol. The smallest absolute Gasteiger partial charge is 0.336 e. The van der Waals surface area contributed by atoms with Crippen LogP contribution in [-0.2, 0) is 22.7 Å². The molecule has 2 atom stereocenters. The second-order valence-electron chi connectivity index (χ2n) is 5.87. The first kappa shape index (κ1) is 20.2. The highest BCUT2D eigenvalue weighted by Gasteiger charge is 2.33. The third-order valence-corrected chi connectivity index (χ3v) is 3.53. The highest BCUT2D eigenvalue weighted by atomic mass is 16.3. The number of carbonyl (C=O) groups is 2. The first-order chi connectivity index (χ1) is 11.4. The lowest BCUT2D eigenvalue weighted by Crippen LogP contribution is -2.56. The Hall–Kier alpha value is -2.85. The van der Waals surface area contributed by atoms with Gasteiger partial charge in [-0.3, -0.25) is 14.6 Å². The molecule has 10 heteroatoms. The van der Waals surface area contributed by atoms with Crippen LogP contribution in [0.25, 0.3) is 0 Å². The maximum Gasteiger partial charge on any atom is 0.336 e. The van der Waals surface area contributed by atoms with E-state index in [-0.39, 0.29) is 0 Å². The quantitative estimate of drug-likeness (QED) is 0.445. The van der Waals surface area contributed by atoms with E-state index in [2.05, 4.69) is 13.2 Å². The van der Waals surface area contributed by atoms with Crippen molar-refractivity contribution in [2.45, 2.75) is 38.1 Å². The summed E-state index contributed by atoms with van der Waals surface area (Å²) in [7, 11) is 0. The van der Waals surface area contributed by atoms with E-state index in [4.69, 9.17) is 0 Å². The number of nitrogens with one attached hydrogen (secondary N) is 1. The molecule has 0 aromatic carbocycles. The van der Waals surface area contributed by atoms with E-state index >= 15 is 0 Å². The Morgan fingerprint density at radius 3 is 1.56 bits per heavy atom. The maximum absolute atomic E-state index is 12.4. The van der Waals surface area contributed by atoms with Crippen LogP contribution >= 0.6 is 0 Å². The van der Waals surface area contributed by atoms with E-state index in [1.165, 1.54) is 0 Å². The number of H-pyrrole nitrogens is 1. The first-order valence-electron chi connectivity index (χ1n) is 7.10. The van der Waals surface area contributed by atoms with Gasteiger partial charge in [0.2, 0.25) is 0 Å². The van der Waals surface area contributed by atoms with Gasteiger partial charge in [-0.1, -0.05) is 13.2 Å². The van der Waals surface area contributed by atoms with Crippen molar-refractivity contribution >= 4 is 11.6 Å². The number of hydrogen-bond donors (Lipinski definition) is 3. The molecule has 0 saturated heterocycles. The van der Waals surface area contributed by atoms with Crippen LogP contribution < -0.4 is 17.1 Å². The van der Waals surface area contributed by atoms with Crippen molar-refractivity contribution < 1.29 is 19.8 Å². The van der Waals surface area contributed by atoms with E-state index in [1.54, 1.807) is 0 Å². The minimum absolute atomic E-state index is 0.414. The van der Waals surface area contributed by atoms with Gasteiger partial charge < -0.3 is 10.2 Å². The molecule has 3 N–H and O–H groups in total. The number of aliphatic hydroxyl groups is 2. The zero-order chi connectivity index (χ0) is 19.6. The van der Waals surface area contributed by atoms with Crippen molar-refractivity contribution in [2.75, 3.05) is 0 Å². The Labute approximate surface area is 141 Å². The lowest BCUT2D eigenvalue weighted by molar-refractivity contribution is -0.131. The standard InChI is InChI=1S/C15H19N3O7/c1-5-9(19)14(3,24)7-17-11(21)16-12(22)18(13(17)23)8-15(4,25)10(20)6-2/h5-6,24-25H,1-2,7-8H2,3-4H3,(H,16,21,22). The SMILES string of the molecule is C=CC(=O)C(C)(O)Cn1c(=O)[nH]c(=O)n(CC(C)(O)C(=O)C=C)c1=O. The highest BCUT2D eigenvalue weighted by molar-refractivity contribution is 5.96. The summed E-state index contributed by atoms with van der Waals surface area (Å²) in [4.78, 5) is 61.2. The second-order valence-corrected chi connectivity index (χ2v) is 5.87. The van der Waals surface area contributed by atoms with Gasteiger partial charge in [0, 0.05) is 0 Å². The molecule has 10 nitrogen and oxygen atoms in total. The molecule has 0 fully saturated rings. The fraction of sp³-hybridized carbons (Fsp3) is 0.400. The number of rotatable bonds is 8. The van der Waals surface area contributed by atoms with Gasteiger partial charge in [-0.2, -0.15) is 0 Å².